The summed E-state index contributed by atoms with van der Waals surface area (Å²) in [7, 11) is 0. The van der Waals surface area contributed by atoms with E-state index in [1.54, 1.807) is 17.2 Å². The number of benzene rings is 2. The van der Waals surface area contributed by atoms with Crippen molar-refractivity contribution in [3.8, 4) is 5.75 Å². The number of halogens is 1. The standard InChI is InChI=1S/C21H22FN3O2/c1-3-23-20(15-6-9-19(10-7-15)27-4-2)12-24-21(26)25-13-16-5-8-18(22)11-17(16)14-25/h3-11,20,23H,1-2,12-14H2,(H,24,26). The van der Waals surface area contributed by atoms with Gasteiger partial charge in [0, 0.05) is 19.6 Å². The van der Waals surface area contributed by atoms with Crippen LogP contribution in [0, 0.1) is 5.82 Å². The monoisotopic (exact) mass is 367 g/mol. The van der Waals surface area contributed by atoms with Crippen LogP contribution >= 0.6 is 0 Å². The van der Waals surface area contributed by atoms with Gasteiger partial charge in [-0.2, -0.15) is 0 Å². The zero-order valence-electron chi connectivity index (χ0n) is 15.0. The molecule has 0 aliphatic carbocycles. The Morgan fingerprint density at radius 2 is 1.93 bits per heavy atom. The van der Waals surface area contributed by atoms with Gasteiger partial charge in [0.05, 0.1) is 12.3 Å². The number of hydrogen-bond acceptors (Lipinski definition) is 3. The van der Waals surface area contributed by atoms with Crippen LogP contribution in [0.3, 0.4) is 0 Å². The van der Waals surface area contributed by atoms with Gasteiger partial charge in [-0.3, -0.25) is 0 Å². The molecule has 27 heavy (non-hydrogen) atoms. The fourth-order valence-corrected chi connectivity index (χ4v) is 3.10. The van der Waals surface area contributed by atoms with Crippen LogP contribution < -0.4 is 15.4 Å². The maximum absolute atomic E-state index is 13.3. The molecule has 0 bridgehead atoms. The van der Waals surface area contributed by atoms with E-state index in [0.29, 0.717) is 25.4 Å². The number of carbonyl (C=O) groups excluding carboxylic acids is 1. The molecule has 2 amide bonds. The van der Waals surface area contributed by atoms with Gasteiger partial charge in [0.15, 0.2) is 0 Å². The molecule has 140 valence electrons. The molecule has 2 N–H and O–H groups in total. The SMILES string of the molecule is C=CNC(CNC(=O)N1Cc2ccc(F)cc2C1)c1ccc(OC=C)cc1. The van der Waals surface area contributed by atoms with Crippen LogP contribution in [0.2, 0.25) is 0 Å². The van der Waals surface area contributed by atoms with Crippen LogP contribution in [0.15, 0.2) is 68.1 Å². The maximum Gasteiger partial charge on any atom is 0.318 e. The van der Waals surface area contributed by atoms with Crippen molar-refractivity contribution in [2.24, 2.45) is 0 Å². The van der Waals surface area contributed by atoms with Gasteiger partial charge in [0.2, 0.25) is 0 Å². The highest BCUT2D eigenvalue weighted by atomic mass is 19.1. The average Bonchev–Trinajstić information content (AvgIpc) is 3.09. The number of carbonyl (C=O) groups is 1. The molecule has 2 aromatic rings. The van der Waals surface area contributed by atoms with Crippen molar-refractivity contribution in [3.63, 3.8) is 0 Å². The lowest BCUT2D eigenvalue weighted by molar-refractivity contribution is 0.197. The third-order valence-electron chi connectivity index (χ3n) is 4.46. The molecule has 0 saturated carbocycles. The first-order chi connectivity index (χ1) is 13.1. The Morgan fingerprint density at radius 3 is 2.63 bits per heavy atom. The van der Waals surface area contributed by atoms with Gasteiger partial charge in [-0.1, -0.05) is 31.4 Å². The Kier molecular flexibility index (Phi) is 5.76. The highest BCUT2D eigenvalue weighted by Crippen LogP contribution is 2.23. The van der Waals surface area contributed by atoms with Crippen molar-refractivity contribution >= 4 is 6.03 Å². The smallest absolute Gasteiger partial charge is 0.318 e. The van der Waals surface area contributed by atoms with Crippen molar-refractivity contribution in [2.75, 3.05) is 6.54 Å². The van der Waals surface area contributed by atoms with E-state index < -0.39 is 0 Å². The van der Waals surface area contributed by atoms with Gasteiger partial charge >= 0.3 is 6.03 Å². The lowest BCUT2D eigenvalue weighted by Gasteiger charge is -2.22. The van der Waals surface area contributed by atoms with E-state index in [-0.39, 0.29) is 17.9 Å². The number of nitrogens with one attached hydrogen (secondary N) is 2. The summed E-state index contributed by atoms with van der Waals surface area (Å²) in [5.41, 5.74) is 2.81. The third kappa shape index (κ3) is 4.47. The zero-order valence-corrected chi connectivity index (χ0v) is 15.0. The van der Waals surface area contributed by atoms with Crippen LogP contribution in [0.1, 0.15) is 22.7 Å². The summed E-state index contributed by atoms with van der Waals surface area (Å²) in [5.74, 6) is 0.410. The summed E-state index contributed by atoms with van der Waals surface area (Å²) in [6.07, 6.45) is 2.97. The van der Waals surface area contributed by atoms with E-state index in [0.717, 1.165) is 16.7 Å². The van der Waals surface area contributed by atoms with E-state index in [9.17, 15) is 9.18 Å². The van der Waals surface area contributed by atoms with E-state index in [2.05, 4.69) is 23.8 Å². The fraction of sp³-hybridized carbons (Fsp3) is 0.190. The Morgan fingerprint density at radius 1 is 1.19 bits per heavy atom. The van der Waals surface area contributed by atoms with E-state index in [1.807, 2.05) is 24.3 Å². The number of urea groups is 1. The molecule has 1 heterocycles. The molecule has 0 saturated heterocycles. The molecular formula is C21H22FN3O2. The van der Waals surface area contributed by atoms with Crippen LogP contribution in [0.4, 0.5) is 9.18 Å². The lowest BCUT2D eigenvalue weighted by Crippen LogP contribution is -2.40. The normalized spacial score (nSPS) is 13.4. The molecule has 5 nitrogen and oxygen atoms in total. The summed E-state index contributed by atoms with van der Waals surface area (Å²) in [5, 5.41) is 6.07. The van der Waals surface area contributed by atoms with Gasteiger partial charge in [-0.25, -0.2) is 9.18 Å². The molecular weight excluding hydrogens is 345 g/mol. The van der Waals surface area contributed by atoms with E-state index in [1.165, 1.54) is 18.4 Å². The molecule has 1 aliphatic rings. The molecule has 2 aromatic carbocycles. The first kappa shape index (κ1) is 18.5. The van der Waals surface area contributed by atoms with Crippen LogP contribution in [0.5, 0.6) is 5.75 Å². The second-order valence-corrected chi connectivity index (χ2v) is 6.23. The number of nitrogens with zero attached hydrogens (tertiary/aromatic N) is 1. The minimum atomic E-state index is -0.282. The highest BCUT2D eigenvalue weighted by molar-refractivity contribution is 5.75. The number of amides is 2. The minimum Gasteiger partial charge on any atom is -0.466 e. The Labute approximate surface area is 158 Å². The molecule has 6 heteroatoms. The Hall–Kier alpha value is -3.28. The minimum absolute atomic E-state index is 0.133. The van der Waals surface area contributed by atoms with Crippen molar-refractivity contribution in [2.45, 2.75) is 19.1 Å². The fourth-order valence-electron chi connectivity index (χ4n) is 3.10. The third-order valence-corrected chi connectivity index (χ3v) is 4.46. The molecule has 0 spiro atoms. The molecule has 1 atom stereocenters. The first-order valence-electron chi connectivity index (χ1n) is 8.65. The molecule has 3 rings (SSSR count). The van der Waals surface area contributed by atoms with Crippen LogP contribution in [0.25, 0.3) is 0 Å². The molecule has 1 aliphatic heterocycles. The predicted molar refractivity (Wildman–Crippen MR) is 102 cm³/mol. The summed E-state index contributed by atoms with van der Waals surface area (Å²) in [4.78, 5) is 14.2. The predicted octanol–water partition coefficient (Wildman–Crippen LogP) is 3.85. The lowest BCUT2D eigenvalue weighted by atomic mass is 10.1. The van der Waals surface area contributed by atoms with Gasteiger partial charge in [-0.15, -0.1) is 0 Å². The summed E-state index contributed by atoms with van der Waals surface area (Å²) in [6, 6.07) is 11.8. The van der Waals surface area contributed by atoms with Crippen molar-refractivity contribution < 1.29 is 13.9 Å². The summed E-state index contributed by atoms with van der Waals surface area (Å²) >= 11 is 0. The maximum atomic E-state index is 13.3. The van der Waals surface area contributed by atoms with Crippen molar-refractivity contribution in [3.05, 3.63) is 90.6 Å². The molecule has 0 aromatic heterocycles. The number of ether oxygens (including phenoxy) is 1. The number of hydrogen-bond donors (Lipinski definition) is 2. The molecule has 0 radical (unpaired) electrons. The van der Waals surface area contributed by atoms with Gasteiger partial charge in [0.25, 0.3) is 0 Å². The summed E-state index contributed by atoms with van der Waals surface area (Å²) < 4.78 is 18.6. The van der Waals surface area contributed by atoms with Crippen molar-refractivity contribution in [1.29, 1.82) is 0 Å². The quantitative estimate of drug-likeness (QED) is 0.731. The van der Waals surface area contributed by atoms with Crippen LogP contribution in [-0.4, -0.2) is 17.5 Å². The Balaban J connectivity index is 1.60. The van der Waals surface area contributed by atoms with Gasteiger partial charge in [-0.05, 0) is 47.2 Å². The largest absolute Gasteiger partial charge is 0.466 e. The molecule has 1 unspecified atom stereocenters. The number of rotatable bonds is 7. The highest BCUT2D eigenvalue weighted by Gasteiger charge is 2.24. The Bertz CT molecular complexity index is 836. The average molecular weight is 367 g/mol. The topological polar surface area (TPSA) is 53.6 Å². The van der Waals surface area contributed by atoms with Crippen molar-refractivity contribution in [1.82, 2.24) is 15.5 Å². The van der Waals surface area contributed by atoms with Crippen LogP contribution in [-0.2, 0) is 13.1 Å². The van der Waals surface area contributed by atoms with E-state index in [4.69, 9.17) is 4.74 Å². The van der Waals surface area contributed by atoms with Gasteiger partial charge in [0.1, 0.15) is 11.6 Å². The summed E-state index contributed by atoms with van der Waals surface area (Å²) in [6.45, 7) is 8.51. The first-order valence-corrected chi connectivity index (χ1v) is 8.65. The second-order valence-electron chi connectivity index (χ2n) is 6.23. The second kappa shape index (κ2) is 8.40. The zero-order chi connectivity index (χ0) is 19.2. The van der Waals surface area contributed by atoms with E-state index >= 15 is 0 Å². The van der Waals surface area contributed by atoms with Gasteiger partial charge < -0.3 is 20.3 Å². The number of fused-ring (bicyclic) bond motifs is 1. The molecule has 0 fully saturated rings.